The number of halogens is 1. The zero-order chi connectivity index (χ0) is 34.1. The van der Waals surface area contributed by atoms with Gasteiger partial charge in [0.2, 0.25) is 5.95 Å². The first kappa shape index (κ1) is 39.7. The number of ether oxygens (including phenoxy) is 2. The average Bonchev–Trinajstić information content (AvgIpc) is 3.62. The van der Waals surface area contributed by atoms with E-state index in [0.717, 1.165) is 32.4 Å². The molecular formula is C29H49ClN9O5PS. The van der Waals surface area contributed by atoms with Gasteiger partial charge in [0.15, 0.2) is 17.0 Å². The lowest BCUT2D eigenvalue weighted by atomic mass is 10.1. The molecule has 0 amide bonds. The smallest absolute Gasteiger partial charge is 0.318 e. The van der Waals surface area contributed by atoms with Gasteiger partial charge >= 0.3 is 14.5 Å². The number of fused-ring (bicyclic) bond motifs is 1. The first-order chi connectivity index (χ1) is 22.1. The molecule has 0 aliphatic carbocycles. The molecule has 2 aromatic heterocycles. The Balaban J connectivity index is 0.000000825. The van der Waals surface area contributed by atoms with Crippen LogP contribution in [0.25, 0.3) is 11.2 Å². The van der Waals surface area contributed by atoms with Crippen LogP contribution in [0.3, 0.4) is 0 Å². The Bertz CT molecular complexity index is 1310. The number of unbranched alkanes of at least 4 members (excludes halogenated alkanes) is 1. The number of hydrogen-bond donors (Lipinski definition) is 4. The third-order valence-corrected chi connectivity index (χ3v) is 8.26. The standard InChI is InChI=1S/C24H36ClN8O3PS.C3H6O2.C2H7N/c1-5-7-12-28-37(36-18-10-8-17(25)9-11-18)34-14-19-13-16(3)23(35-19)32-15-27-20-21(32)29-24(26)30-22(20)33(6-2)31-38-4;1-3(4)5-2;1-2-3/h8-11,15-16,19,23,28,31H,5-7,12-14H2,1-4H3,(H2,26,29,30);1-2H3;2-3H2,1H3. The van der Waals surface area contributed by atoms with Crippen LogP contribution in [-0.2, 0) is 18.8 Å². The van der Waals surface area contributed by atoms with Gasteiger partial charge in [0, 0.05) is 31.0 Å². The van der Waals surface area contributed by atoms with Gasteiger partial charge < -0.3 is 30.0 Å². The van der Waals surface area contributed by atoms with Crippen LogP contribution in [0.5, 0.6) is 5.75 Å². The summed E-state index contributed by atoms with van der Waals surface area (Å²) >= 11 is 7.49. The molecule has 3 heterocycles. The van der Waals surface area contributed by atoms with Crippen LogP contribution in [0, 0.1) is 5.92 Å². The molecule has 14 nitrogen and oxygen atoms in total. The summed E-state index contributed by atoms with van der Waals surface area (Å²) in [7, 11) is 0.00781. The number of methoxy groups -OCH3 is 1. The van der Waals surface area contributed by atoms with E-state index in [4.69, 9.17) is 36.9 Å². The SMILES string of the molecule is CCCCNP(OCC1CC(C)C(n2cnc3c(N(CC)NSC)nc(N)nc32)O1)Oc1ccc(Cl)cc1.CCN.COC(C)=O. The molecule has 6 N–H and O–H groups in total. The highest BCUT2D eigenvalue weighted by atomic mass is 35.5. The molecule has 17 heteroatoms. The summed E-state index contributed by atoms with van der Waals surface area (Å²) in [6, 6.07) is 7.29. The Morgan fingerprint density at radius 3 is 2.52 bits per heavy atom. The number of anilines is 2. The molecule has 4 atom stereocenters. The van der Waals surface area contributed by atoms with E-state index in [1.165, 1.54) is 26.0 Å². The maximum absolute atomic E-state index is 9.59. The maximum atomic E-state index is 9.59. The van der Waals surface area contributed by atoms with Gasteiger partial charge in [0.05, 0.1) is 26.1 Å². The Morgan fingerprint density at radius 1 is 1.26 bits per heavy atom. The van der Waals surface area contributed by atoms with Gasteiger partial charge in [0.1, 0.15) is 12.0 Å². The van der Waals surface area contributed by atoms with E-state index in [9.17, 15) is 4.79 Å². The van der Waals surface area contributed by atoms with Crippen molar-refractivity contribution in [1.29, 1.82) is 0 Å². The van der Waals surface area contributed by atoms with Gasteiger partial charge in [-0.3, -0.25) is 14.4 Å². The quantitative estimate of drug-likeness (QED) is 0.0548. The second kappa shape index (κ2) is 21.4. The van der Waals surface area contributed by atoms with Crippen molar-refractivity contribution >= 4 is 61.0 Å². The number of rotatable bonds is 14. The monoisotopic (exact) mass is 701 g/mol. The number of esters is 1. The van der Waals surface area contributed by atoms with Crippen LogP contribution >= 0.6 is 32.1 Å². The second-order valence-corrected chi connectivity index (χ2v) is 12.4. The maximum Gasteiger partial charge on any atom is 0.318 e. The molecule has 1 saturated heterocycles. The Hall–Kier alpha value is -2.49. The van der Waals surface area contributed by atoms with E-state index in [1.54, 1.807) is 18.5 Å². The fourth-order valence-electron chi connectivity index (χ4n) is 4.22. The third kappa shape index (κ3) is 12.6. The van der Waals surface area contributed by atoms with Gasteiger partial charge in [-0.25, -0.2) is 10.1 Å². The van der Waals surface area contributed by atoms with Gasteiger partial charge in [0.25, 0.3) is 0 Å². The lowest BCUT2D eigenvalue weighted by molar-refractivity contribution is -0.137. The lowest BCUT2D eigenvalue weighted by Gasteiger charge is -2.22. The summed E-state index contributed by atoms with van der Waals surface area (Å²) in [5.41, 5.74) is 12.2. The van der Waals surface area contributed by atoms with E-state index in [-0.39, 0.29) is 30.2 Å². The molecule has 46 heavy (non-hydrogen) atoms. The van der Waals surface area contributed by atoms with E-state index >= 15 is 0 Å². The van der Waals surface area contributed by atoms with E-state index in [0.29, 0.717) is 40.9 Å². The summed E-state index contributed by atoms with van der Waals surface area (Å²) in [5, 5.41) is 5.95. The molecule has 0 saturated carbocycles. The third-order valence-electron chi connectivity index (χ3n) is 6.36. The minimum absolute atomic E-state index is 0.108. The number of benzene rings is 1. The van der Waals surface area contributed by atoms with Crippen LogP contribution < -0.4 is 30.9 Å². The largest absolute Gasteiger partial charge is 0.469 e. The number of nitrogens with two attached hydrogens (primary N) is 2. The zero-order valence-electron chi connectivity index (χ0n) is 27.7. The molecule has 1 aliphatic rings. The predicted molar refractivity (Wildman–Crippen MR) is 187 cm³/mol. The number of imidazole rings is 1. The van der Waals surface area contributed by atoms with Gasteiger partial charge in [-0.2, -0.15) is 14.8 Å². The zero-order valence-corrected chi connectivity index (χ0v) is 30.2. The van der Waals surface area contributed by atoms with Gasteiger partial charge in [-0.15, -0.1) is 0 Å². The molecule has 1 fully saturated rings. The van der Waals surface area contributed by atoms with Crippen molar-refractivity contribution in [2.24, 2.45) is 11.7 Å². The highest BCUT2D eigenvalue weighted by Crippen LogP contribution is 2.40. The normalized spacial score (nSPS) is 17.8. The summed E-state index contributed by atoms with van der Waals surface area (Å²) in [6.07, 6.45) is 6.28. The van der Waals surface area contributed by atoms with Gasteiger partial charge in [-0.05, 0) is 56.8 Å². The summed E-state index contributed by atoms with van der Waals surface area (Å²) in [5.74, 6) is 1.49. The van der Waals surface area contributed by atoms with Crippen molar-refractivity contribution in [2.75, 3.05) is 50.3 Å². The van der Waals surface area contributed by atoms with Gasteiger partial charge in [-0.1, -0.05) is 50.7 Å². The molecule has 0 radical (unpaired) electrons. The van der Waals surface area contributed by atoms with E-state index in [1.807, 2.05) is 41.8 Å². The van der Waals surface area contributed by atoms with Crippen LogP contribution in [-0.4, -0.2) is 71.2 Å². The summed E-state index contributed by atoms with van der Waals surface area (Å²) in [4.78, 5) is 26.4. The Kier molecular flexibility index (Phi) is 18.5. The molecule has 0 bridgehead atoms. The number of nitrogens with one attached hydrogen (secondary N) is 2. The number of carbonyl (C=O) groups excluding carboxylic acids is 1. The number of nitrogens with zero attached hydrogens (tertiary/aromatic N) is 5. The fraction of sp³-hybridized carbons (Fsp3) is 0.586. The van der Waals surface area contributed by atoms with Crippen LogP contribution in [0.15, 0.2) is 30.6 Å². The van der Waals surface area contributed by atoms with Crippen LogP contribution in [0.4, 0.5) is 11.8 Å². The first-order valence-electron chi connectivity index (χ1n) is 15.2. The first-order valence-corrected chi connectivity index (χ1v) is 18.0. The second-order valence-electron chi connectivity index (χ2n) is 10.1. The Morgan fingerprint density at radius 2 is 1.93 bits per heavy atom. The molecule has 0 spiro atoms. The summed E-state index contributed by atoms with van der Waals surface area (Å²) in [6.45, 7) is 12.2. The van der Waals surface area contributed by atoms with Crippen LogP contribution in [0.1, 0.15) is 60.1 Å². The number of hydrogen-bond acceptors (Lipinski definition) is 14. The summed E-state index contributed by atoms with van der Waals surface area (Å²) < 4.78 is 24.8. The minimum atomic E-state index is -1.34. The van der Waals surface area contributed by atoms with E-state index in [2.05, 4.69) is 43.5 Å². The topological polar surface area (TPSA) is 177 Å². The van der Waals surface area contributed by atoms with Crippen molar-refractivity contribution in [3.05, 3.63) is 35.6 Å². The van der Waals surface area contributed by atoms with Crippen molar-refractivity contribution in [2.45, 2.75) is 66.2 Å². The molecule has 3 aromatic rings. The number of nitrogen functional groups attached to an aromatic ring is 1. The molecule has 1 aliphatic heterocycles. The highest BCUT2D eigenvalue weighted by molar-refractivity contribution is 7.96. The fourth-order valence-corrected chi connectivity index (χ4v) is 5.94. The van der Waals surface area contributed by atoms with Crippen molar-refractivity contribution < 1.29 is 23.3 Å². The molecular weight excluding hydrogens is 653 g/mol. The number of carbonyl (C=O) groups is 1. The molecule has 258 valence electrons. The molecule has 1 aromatic carbocycles. The number of hydrazine groups is 1. The lowest BCUT2D eigenvalue weighted by Crippen LogP contribution is -2.34. The highest BCUT2D eigenvalue weighted by Gasteiger charge is 2.36. The minimum Gasteiger partial charge on any atom is -0.469 e. The van der Waals surface area contributed by atoms with E-state index < -0.39 is 8.53 Å². The molecule has 4 rings (SSSR count). The average molecular weight is 702 g/mol. The van der Waals surface area contributed by atoms with Crippen molar-refractivity contribution in [1.82, 2.24) is 29.4 Å². The predicted octanol–water partition coefficient (Wildman–Crippen LogP) is 5.45. The number of aromatic nitrogens is 4. The molecule has 4 unspecified atom stereocenters. The van der Waals surface area contributed by atoms with Crippen molar-refractivity contribution in [3.8, 4) is 5.75 Å². The van der Waals surface area contributed by atoms with Crippen molar-refractivity contribution in [3.63, 3.8) is 0 Å². The van der Waals surface area contributed by atoms with Crippen LogP contribution in [0.2, 0.25) is 5.02 Å². The Labute approximate surface area is 282 Å².